The second-order valence-electron chi connectivity index (χ2n) is 9.66. The van der Waals surface area contributed by atoms with E-state index in [1.807, 2.05) is 37.4 Å². The smallest absolute Gasteiger partial charge is 0.251 e. The van der Waals surface area contributed by atoms with Crippen LogP contribution in [-0.4, -0.2) is 48.9 Å². The number of fused-ring (bicyclic) bond motifs is 3. The van der Waals surface area contributed by atoms with Crippen molar-refractivity contribution < 1.29 is 9.59 Å². The van der Waals surface area contributed by atoms with Gasteiger partial charge in [0.25, 0.3) is 5.91 Å². The van der Waals surface area contributed by atoms with Crippen molar-refractivity contribution in [2.24, 2.45) is 11.8 Å². The molecule has 3 aliphatic rings. The van der Waals surface area contributed by atoms with E-state index in [1.54, 1.807) is 0 Å². The summed E-state index contributed by atoms with van der Waals surface area (Å²) in [7, 11) is 1.98. The maximum atomic E-state index is 14.0. The third-order valence-electron chi connectivity index (χ3n) is 7.72. The molecule has 2 heterocycles. The minimum atomic E-state index is -0.157. The molecule has 0 unspecified atom stereocenters. The minimum absolute atomic E-state index is 0.0825. The number of carbonyl (C=O) groups is 2. The van der Waals surface area contributed by atoms with Gasteiger partial charge in [0.1, 0.15) is 0 Å². The average molecular weight is 447 g/mol. The molecule has 2 aromatic carbocycles. The third-order valence-corrected chi connectivity index (χ3v) is 7.72. The topological polar surface area (TPSA) is 73.5 Å². The quantitative estimate of drug-likeness (QED) is 0.656. The lowest BCUT2D eigenvalue weighted by atomic mass is 9.81. The van der Waals surface area contributed by atoms with E-state index in [2.05, 4.69) is 45.1 Å². The normalized spacial score (nSPS) is 28.4. The van der Waals surface area contributed by atoms with E-state index in [9.17, 15) is 9.59 Å². The Bertz CT molecular complexity index is 995. The van der Waals surface area contributed by atoms with Crippen LogP contribution in [0.5, 0.6) is 0 Å². The Morgan fingerprint density at radius 2 is 1.76 bits per heavy atom. The summed E-state index contributed by atoms with van der Waals surface area (Å²) < 4.78 is 0. The van der Waals surface area contributed by atoms with Crippen LogP contribution >= 0.6 is 0 Å². The second-order valence-corrected chi connectivity index (χ2v) is 9.66. The number of hydrogen-bond donors (Lipinski definition) is 3. The summed E-state index contributed by atoms with van der Waals surface area (Å²) in [6.45, 7) is 1.65. The predicted molar refractivity (Wildman–Crippen MR) is 130 cm³/mol. The first-order chi connectivity index (χ1) is 16.2. The first kappa shape index (κ1) is 22.0. The number of amides is 2. The molecule has 2 aromatic rings. The lowest BCUT2D eigenvalue weighted by molar-refractivity contribution is -0.138. The SMILES string of the molecule is CNC[C@@H]1Nc2ccccc2[C@H]2[C@@H]1CCN2C(=O)[C@H]1CCCC[C@H]1NC(=O)c1ccccc1. The van der Waals surface area contributed by atoms with Gasteiger partial charge in [-0.2, -0.15) is 0 Å². The van der Waals surface area contributed by atoms with Crippen molar-refractivity contribution in [2.75, 3.05) is 25.5 Å². The van der Waals surface area contributed by atoms with E-state index in [4.69, 9.17) is 0 Å². The van der Waals surface area contributed by atoms with Crippen LogP contribution in [0.25, 0.3) is 0 Å². The molecule has 0 aromatic heterocycles. The highest BCUT2D eigenvalue weighted by atomic mass is 16.2. The third kappa shape index (κ3) is 4.24. The molecule has 1 saturated carbocycles. The number of hydrogen-bond acceptors (Lipinski definition) is 4. The average Bonchev–Trinajstić information content (AvgIpc) is 3.31. The van der Waals surface area contributed by atoms with Crippen molar-refractivity contribution in [2.45, 2.75) is 50.2 Å². The zero-order valence-electron chi connectivity index (χ0n) is 19.3. The molecule has 174 valence electrons. The molecule has 2 fully saturated rings. The molecule has 0 radical (unpaired) electrons. The molecule has 6 heteroatoms. The van der Waals surface area contributed by atoms with Crippen LogP contribution in [-0.2, 0) is 4.79 Å². The van der Waals surface area contributed by atoms with Crippen LogP contribution in [0, 0.1) is 11.8 Å². The van der Waals surface area contributed by atoms with E-state index in [-0.39, 0.29) is 29.8 Å². The van der Waals surface area contributed by atoms with E-state index in [1.165, 1.54) is 5.56 Å². The molecule has 5 rings (SSSR count). The molecule has 1 saturated heterocycles. The summed E-state index contributed by atoms with van der Waals surface area (Å²) in [5, 5.41) is 10.2. The van der Waals surface area contributed by atoms with Gasteiger partial charge < -0.3 is 20.9 Å². The van der Waals surface area contributed by atoms with Gasteiger partial charge in [0, 0.05) is 42.3 Å². The van der Waals surface area contributed by atoms with Crippen molar-refractivity contribution in [1.29, 1.82) is 0 Å². The van der Waals surface area contributed by atoms with E-state index >= 15 is 0 Å². The van der Waals surface area contributed by atoms with Gasteiger partial charge in [0.15, 0.2) is 0 Å². The fourth-order valence-corrected chi connectivity index (χ4v) is 6.15. The molecule has 3 N–H and O–H groups in total. The summed E-state index contributed by atoms with van der Waals surface area (Å²) in [6, 6.07) is 18.0. The molecule has 0 bridgehead atoms. The van der Waals surface area contributed by atoms with Crippen LogP contribution in [0.2, 0.25) is 0 Å². The monoisotopic (exact) mass is 446 g/mol. The number of rotatable bonds is 5. The summed E-state index contributed by atoms with van der Waals surface area (Å²) in [4.78, 5) is 29.0. The fraction of sp³-hybridized carbons (Fsp3) is 0.481. The fourth-order valence-electron chi connectivity index (χ4n) is 6.15. The van der Waals surface area contributed by atoms with Gasteiger partial charge in [0.05, 0.1) is 12.0 Å². The lowest BCUT2D eigenvalue weighted by Gasteiger charge is -2.42. The van der Waals surface area contributed by atoms with Gasteiger partial charge in [-0.1, -0.05) is 49.2 Å². The number of anilines is 1. The Morgan fingerprint density at radius 3 is 2.58 bits per heavy atom. The van der Waals surface area contributed by atoms with Crippen LogP contribution in [0.4, 0.5) is 5.69 Å². The van der Waals surface area contributed by atoms with Crippen molar-refractivity contribution in [1.82, 2.24) is 15.5 Å². The van der Waals surface area contributed by atoms with Crippen molar-refractivity contribution >= 4 is 17.5 Å². The van der Waals surface area contributed by atoms with Crippen molar-refractivity contribution in [3.63, 3.8) is 0 Å². The second kappa shape index (κ2) is 9.56. The molecule has 2 aliphatic heterocycles. The molecule has 6 nitrogen and oxygen atoms in total. The van der Waals surface area contributed by atoms with Crippen LogP contribution in [0.3, 0.4) is 0 Å². The molecule has 33 heavy (non-hydrogen) atoms. The zero-order chi connectivity index (χ0) is 22.8. The Kier molecular flexibility index (Phi) is 6.36. The number of nitrogens with zero attached hydrogens (tertiary/aromatic N) is 1. The van der Waals surface area contributed by atoms with Crippen LogP contribution in [0.1, 0.15) is 54.1 Å². The number of likely N-dealkylation sites (N-methyl/N-ethyl adjacent to an activating group) is 1. The van der Waals surface area contributed by atoms with Crippen LogP contribution in [0.15, 0.2) is 54.6 Å². The number of benzene rings is 2. The van der Waals surface area contributed by atoms with E-state index in [0.717, 1.165) is 50.9 Å². The summed E-state index contributed by atoms with van der Waals surface area (Å²) >= 11 is 0. The van der Waals surface area contributed by atoms with Gasteiger partial charge >= 0.3 is 0 Å². The number of nitrogens with one attached hydrogen (secondary N) is 3. The van der Waals surface area contributed by atoms with Gasteiger partial charge in [-0.3, -0.25) is 9.59 Å². The molecule has 5 atom stereocenters. The maximum Gasteiger partial charge on any atom is 0.251 e. The Morgan fingerprint density at radius 1 is 1.00 bits per heavy atom. The summed E-state index contributed by atoms with van der Waals surface area (Å²) in [5.74, 6) is 0.355. The van der Waals surface area contributed by atoms with Crippen molar-refractivity contribution in [3.8, 4) is 0 Å². The first-order valence-corrected chi connectivity index (χ1v) is 12.3. The molecule has 1 aliphatic carbocycles. The molecule has 2 amide bonds. The summed E-state index contributed by atoms with van der Waals surface area (Å²) in [6.07, 6.45) is 4.78. The predicted octanol–water partition coefficient (Wildman–Crippen LogP) is 3.58. The first-order valence-electron chi connectivity index (χ1n) is 12.3. The zero-order valence-corrected chi connectivity index (χ0v) is 19.3. The Hall–Kier alpha value is -2.86. The maximum absolute atomic E-state index is 14.0. The lowest BCUT2D eigenvalue weighted by Crippen LogP contribution is -2.51. The Balaban J connectivity index is 1.38. The minimum Gasteiger partial charge on any atom is -0.380 e. The largest absolute Gasteiger partial charge is 0.380 e. The van der Waals surface area contributed by atoms with Gasteiger partial charge in [-0.05, 0) is 50.1 Å². The Labute approximate surface area is 196 Å². The summed E-state index contributed by atoms with van der Waals surface area (Å²) in [5.41, 5.74) is 3.01. The standard InChI is InChI=1S/C27H34N4O2/c1-28-17-24-20-15-16-31(25(20)19-11-5-7-13-22(19)29-24)27(33)21-12-6-8-14-23(21)30-26(32)18-9-3-2-4-10-18/h2-5,7,9-11,13,20-21,23-25,28-29H,6,8,12,14-17H2,1H3,(H,30,32)/t20-,21+,23-,24+,25+/m1/s1. The highest BCUT2D eigenvalue weighted by Gasteiger charge is 2.47. The molecular weight excluding hydrogens is 412 g/mol. The van der Waals surface area contributed by atoms with Crippen molar-refractivity contribution in [3.05, 3.63) is 65.7 Å². The van der Waals surface area contributed by atoms with E-state index in [0.29, 0.717) is 17.5 Å². The number of likely N-dealkylation sites (tertiary alicyclic amines) is 1. The highest BCUT2D eigenvalue weighted by molar-refractivity contribution is 5.94. The number of para-hydroxylation sites is 1. The van der Waals surface area contributed by atoms with Gasteiger partial charge in [0.2, 0.25) is 5.91 Å². The molecular formula is C27H34N4O2. The van der Waals surface area contributed by atoms with E-state index < -0.39 is 0 Å². The number of carbonyl (C=O) groups excluding carboxylic acids is 2. The van der Waals surface area contributed by atoms with Gasteiger partial charge in [-0.15, -0.1) is 0 Å². The molecule has 0 spiro atoms. The highest BCUT2D eigenvalue weighted by Crippen LogP contribution is 2.47. The van der Waals surface area contributed by atoms with Gasteiger partial charge in [-0.25, -0.2) is 0 Å². The van der Waals surface area contributed by atoms with Crippen LogP contribution < -0.4 is 16.0 Å².